The van der Waals surface area contributed by atoms with Crippen molar-refractivity contribution in [2.75, 3.05) is 37.5 Å². The Morgan fingerprint density at radius 3 is 2.48 bits per heavy atom. The van der Waals surface area contributed by atoms with Crippen molar-refractivity contribution >= 4 is 32.9 Å². The van der Waals surface area contributed by atoms with Crippen molar-refractivity contribution < 1.29 is 27.4 Å². The molecule has 0 atom stereocenters. The van der Waals surface area contributed by atoms with Crippen molar-refractivity contribution in [1.82, 2.24) is 0 Å². The van der Waals surface area contributed by atoms with Crippen LogP contribution in [0.25, 0.3) is 5.57 Å². The molecule has 0 aliphatic carbocycles. The second-order valence-corrected chi connectivity index (χ2v) is 8.64. The number of benzene rings is 2. The summed E-state index contributed by atoms with van der Waals surface area (Å²) in [7, 11) is 0.255. The first-order valence-corrected chi connectivity index (χ1v) is 10.8. The largest absolute Gasteiger partial charge is 0.493 e. The van der Waals surface area contributed by atoms with Gasteiger partial charge in [-0.1, -0.05) is 18.7 Å². The number of hydrogen-bond donors (Lipinski definition) is 1. The van der Waals surface area contributed by atoms with Crippen molar-refractivity contribution in [3.63, 3.8) is 0 Å². The van der Waals surface area contributed by atoms with E-state index in [1.807, 2.05) is 0 Å². The molecule has 0 saturated carbocycles. The van der Waals surface area contributed by atoms with Gasteiger partial charge < -0.3 is 19.5 Å². The molecule has 0 saturated heterocycles. The van der Waals surface area contributed by atoms with Gasteiger partial charge in [-0.15, -0.1) is 0 Å². The molecule has 0 fully saturated rings. The van der Waals surface area contributed by atoms with Gasteiger partial charge in [0.25, 0.3) is 15.9 Å². The van der Waals surface area contributed by atoms with Crippen LogP contribution >= 0.6 is 0 Å². The minimum Gasteiger partial charge on any atom is -0.493 e. The smallest absolute Gasteiger partial charge is 0.269 e. The SMILES string of the molecule is C=CCOc1cccc(NC(=O)C2=C(C)c3cc(OC)c(OC)cc3N(C)S2(=O)=O)c1. The normalized spacial score (nSPS) is 14.5. The fraction of sp³-hybridized carbons (Fsp3) is 0.227. The van der Waals surface area contributed by atoms with Crippen LogP contribution in [-0.4, -0.2) is 42.2 Å². The number of carbonyl (C=O) groups excluding carboxylic acids is 1. The van der Waals surface area contributed by atoms with Crippen LogP contribution in [0.15, 0.2) is 54.0 Å². The van der Waals surface area contributed by atoms with Crippen LogP contribution in [0.3, 0.4) is 0 Å². The van der Waals surface area contributed by atoms with E-state index in [1.54, 1.807) is 49.4 Å². The van der Waals surface area contributed by atoms with Gasteiger partial charge in [-0.25, -0.2) is 8.42 Å². The Morgan fingerprint density at radius 1 is 1.16 bits per heavy atom. The van der Waals surface area contributed by atoms with Gasteiger partial charge >= 0.3 is 0 Å². The molecule has 0 bridgehead atoms. The summed E-state index contributed by atoms with van der Waals surface area (Å²) >= 11 is 0. The molecular weight excluding hydrogens is 420 g/mol. The molecule has 1 aliphatic rings. The zero-order chi connectivity index (χ0) is 22.8. The highest BCUT2D eigenvalue weighted by Crippen LogP contribution is 2.44. The average molecular weight is 445 g/mol. The summed E-state index contributed by atoms with van der Waals surface area (Å²) in [5.74, 6) is 0.598. The number of methoxy groups -OCH3 is 2. The van der Waals surface area contributed by atoms with Gasteiger partial charge in [-0.3, -0.25) is 9.10 Å². The van der Waals surface area contributed by atoms with Crippen LogP contribution in [0.5, 0.6) is 17.2 Å². The summed E-state index contributed by atoms with van der Waals surface area (Å²) in [6, 6.07) is 9.91. The number of hydrogen-bond acceptors (Lipinski definition) is 6. The van der Waals surface area contributed by atoms with E-state index in [0.29, 0.717) is 46.4 Å². The van der Waals surface area contributed by atoms with E-state index in [2.05, 4.69) is 11.9 Å². The van der Waals surface area contributed by atoms with Crippen molar-refractivity contribution in [3.05, 3.63) is 59.5 Å². The highest BCUT2D eigenvalue weighted by atomic mass is 32.2. The third-order valence-corrected chi connectivity index (χ3v) is 6.80. The van der Waals surface area contributed by atoms with E-state index >= 15 is 0 Å². The van der Waals surface area contributed by atoms with Gasteiger partial charge in [0.2, 0.25) is 0 Å². The number of ether oxygens (including phenoxy) is 3. The highest BCUT2D eigenvalue weighted by molar-refractivity contribution is 7.97. The molecule has 164 valence electrons. The quantitative estimate of drug-likeness (QED) is 0.658. The third kappa shape index (κ3) is 4.09. The number of amides is 1. The van der Waals surface area contributed by atoms with E-state index in [0.717, 1.165) is 4.31 Å². The summed E-state index contributed by atoms with van der Waals surface area (Å²) in [6.45, 7) is 5.49. The summed E-state index contributed by atoms with van der Waals surface area (Å²) in [5.41, 5.74) is 1.67. The standard InChI is InChI=1S/C22H24N2O6S/c1-6-10-30-16-9-7-8-15(11-16)23-22(25)21-14(2)17-12-19(28-4)20(29-5)13-18(17)24(3)31(21,26)27/h6-9,11-13H,1,10H2,2-5H3,(H,23,25). The second kappa shape index (κ2) is 8.73. The van der Waals surface area contributed by atoms with E-state index in [9.17, 15) is 13.2 Å². The van der Waals surface area contributed by atoms with Crippen molar-refractivity contribution in [2.45, 2.75) is 6.92 Å². The minimum atomic E-state index is -4.09. The van der Waals surface area contributed by atoms with Crippen molar-refractivity contribution in [2.24, 2.45) is 0 Å². The van der Waals surface area contributed by atoms with Gasteiger partial charge in [0.15, 0.2) is 16.4 Å². The Hall–Kier alpha value is -3.46. The maximum absolute atomic E-state index is 13.2. The number of fused-ring (bicyclic) bond motifs is 1. The summed E-state index contributed by atoms with van der Waals surface area (Å²) < 4.78 is 43.5. The zero-order valence-corrected chi connectivity index (χ0v) is 18.6. The maximum Gasteiger partial charge on any atom is 0.269 e. The predicted octanol–water partition coefficient (Wildman–Crippen LogP) is 3.42. The lowest BCUT2D eigenvalue weighted by atomic mass is 10.0. The predicted molar refractivity (Wildman–Crippen MR) is 120 cm³/mol. The highest BCUT2D eigenvalue weighted by Gasteiger charge is 2.38. The van der Waals surface area contributed by atoms with Crippen molar-refractivity contribution in [1.29, 1.82) is 0 Å². The average Bonchev–Trinajstić information content (AvgIpc) is 2.75. The number of rotatable bonds is 7. The first kappa shape index (κ1) is 22.2. The van der Waals surface area contributed by atoms with E-state index in [-0.39, 0.29) is 4.91 Å². The summed E-state index contributed by atoms with van der Waals surface area (Å²) in [5, 5.41) is 2.65. The number of allylic oxidation sites excluding steroid dienone is 1. The fourth-order valence-electron chi connectivity index (χ4n) is 3.31. The van der Waals surface area contributed by atoms with Crippen LogP contribution in [0.4, 0.5) is 11.4 Å². The summed E-state index contributed by atoms with van der Waals surface area (Å²) in [6.07, 6.45) is 1.60. The second-order valence-electron chi connectivity index (χ2n) is 6.73. The lowest BCUT2D eigenvalue weighted by Gasteiger charge is -2.30. The van der Waals surface area contributed by atoms with Gasteiger partial charge in [0, 0.05) is 30.4 Å². The molecule has 0 unspecified atom stereocenters. The first-order valence-electron chi connectivity index (χ1n) is 9.36. The maximum atomic E-state index is 13.2. The Labute approximate surface area is 181 Å². The molecule has 0 spiro atoms. The van der Waals surface area contributed by atoms with Crippen molar-refractivity contribution in [3.8, 4) is 17.2 Å². The summed E-state index contributed by atoms with van der Waals surface area (Å²) in [4.78, 5) is 12.7. The Balaban J connectivity index is 2.05. The Morgan fingerprint density at radius 2 is 1.84 bits per heavy atom. The Kier molecular flexibility index (Phi) is 6.26. The lowest BCUT2D eigenvalue weighted by molar-refractivity contribution is -0.112. The van der Waals surface area contributed by atoms with Crippen LogP contribution in [0.1, 0.15) is 12.5 Å². The molecule has 2 aromatic rings. The van der Waals surface area contributed by atoms with Crippen LogP contribution in [0.2, 0.25) is 0 Å². The fourth-order valence-corrected chi connectivity index (χ4v) is 4.77. The topological polar surface area (TPSA) is 94.2 Å². The number of sulfonamides is 1. The molecule has 1 heterocycles. The molecule has 0 aromatic heterocycles. The number of nitrogens with zero attached hydrogens (tertiary/aromatic N) is 1. The molecule has 0 radical (unpaired) electrons. The van der Waals surface area contributed by atoms with Crippen LogP contribution in [-0.2, 0) is 14.8 Å². The van der Waals surface area contributed by atoms with Gasteiger partial charge in [-0.2, -0.15) is 0 Å². The number of anilines is 2. The number of carbonyl (C=O) groups is 1. The van der Waals surface area contributed by atoms with Crippen LogP contribution < -0.4 is 23.8 Å². The zero-order valence-electron chi connectivity index (χ0n) is 17.8. The van der Waals surface area contributed by atoms with Crippen LogP contribution in [0, 0.1) is 0 Å². The number of nitrogens with one attached hydrogen (secondary N) is 1. The first-order chi connectivity index (χ1) is 14.7. The van der Waals surface area contributed by atoms with E-state index in [4.69, 9.17) is 14.2 Å². The molecule has 1 N–H and O–H groups in total. The molecule has 9 heteroatoms. The molecule has 31 heavy (non-hydrogen) atoms. The molecular formula is C22H24N2O6S. The lowest BCUT2D eigenvalue weighted by Crippen LogP contribution is -2.36. The van der Waals surface area contributed by atoms with Gasteiger partial charge in [0.05, 0.1) is 19.9 Å². The molecule has 2 aromatic carbocycles. The minimum absolute atomic E-state index is 0.308. The molecule has 3 rings (SSSR count). The molecule has 8 nitrogen and oxygen atoms in total. The Bertz CT molecular complexity index is 1170. The van der Waals surface area contributed by atoms with Gasteiger partial charge in [-0.05, 0) is 30.7 Å². The van der Waals surface area contributed by atoms with Gasteiger partial charge in [0.1, 0.15) is 12.4 Å². The molecule has 1 amide bonds. The molecule has 1 aliphatic heterocycles. The monoisotopic (exact) mass is 444 g/mol. The third-order valence-electron chi connectivity index (χ3n) is 4.87. The van der Waals surface area contributed by atoms with E-state index in [1.165, 1.54) is 21.3 Å². The van der Waals surface area contributed by atoms with E-state index < -0.39 is 15.9 Å².